The first-order valence-electron chi connectivity index (χ1n) is 9.55. The Bertz CT molecular complexity index is 860. The van der Waals surface area contributed by atoms with E-state index in [4.69, 9.17) is 20.9 Å². The Morgan fingerprint density at radius 2 is 2.03 bits per heavy atom. The van der Waals surface area contributed by atoms with Gasteiger partial charge >= 0.3 is 6.09 Å². The van der Waals surface area contributed by atoms with Crippen molar-refractivity contribution in [2.45, 2.75) is 39.2 Å². The first-order valence-corrected chi connectivity index (χ1v) is 9.93. The largest absolute Gasteiger partial charge is 0.444 e. The molecule has 1 saturated heterocycles. The van der Waals surface area contributed by atoms with E-state index in [1.165, 1.54) is 0 Å². The van der Waals surface area contributed by atoms with Crippen LogP contribution in [-0.4, -0.2) is 52.3 Å². The van der Waals surface area contributed by atoms with Gasteiger partial charge in [0, 0.05) is 36.6 Å². The summed E-state index contributed by atoms with van der Waals surface area (Å²) in [5, 5.41) is 7.46. The van der Waals surface area contributed by atoms with Crippen LogP contribution in [0.25, 0.3) is 11.4 Å². The molecular formula is C20H25ClN4O4. The summed E-state index contributed by atoms with van der Waals surface area (Å²) in [5.74, 6) is 0.590. The molecule has 1 unspecified atom stereocenters. The molecule has 0 bridgehead atoms. The van der Waals surface area contributed by atoms with E-state index in [2.05, 4.69) is 15.5 Å². The number of amides is 2. The summed E-state index contributed by atoms with van der Waals surface area (Å²) < 4.78 is 10.6. The monoisotopic (exact) mass is 420 g/mol. The molecule has 2 aromatic rings. The Kier molecular flexibility index (Phi) is 6.42. The number of benzene rings is 1. The fourth-order valence-electron chi connectivity index (χ4n) is 2.98. The number of aromatic nitrogens is 2. The highest BCUT2D eigenvalue weighted by Gasteiger charge is 2.33. The number of rotatable bonds is 5. The van der Waals surface area contributed by atoms with E-state index >= 15 is 0 Å². The minimum atomic E-state index is -0.549. The molecular weight excluding hydrogens is 396 g/mol. The zero-order chi connectivity index (χ0) is 21.0. The molecule has 1 aliphatic heterocycles. The summed E-state index contributed by atoms with van der Waals surface area (Å²) in [4.78, 5) is 30.4. The van der Waals surface area contributed by atoms with Crippen molar-refractivity contribution in [2.24, 2.45) is 5.92 Å². The van der Waals surface area contributed by atoms with E-state index < -0.39 is 5.60 Å². The van der Waals surface area contributed by atoms with Gasteiger partial charge in [-0.05, 0) is 51.5 Å². The molecule has 0 aliphatic carbocycles. The number of likely N-dealkylation sites (tertiary alicyclic amines) is 1. The molecule has 1 aromatic heterocycles. The molecule has 0 radical (unpaired) electrons. The number of nitrogens with zero attached hydrogens (tertiary/aromatic N) is 3. The van der Waals surface area contributed by atoms with Crippen LogP contribution < -0.4 is 5.32 Å². The van der Waals surface area contributed by atoms with Crippen LogP contribution in [0.2, 0.25) is 5.02 Å². The summed E-state index contributed by atoms with van der Waals surface area (Å²) >= 11 is 5.88. The number of ether oxygens (including phenoxy) is 1. The molecule has 156 valence electrons. The van der Waals surface area contributed by atoms with E-state index in [1.54, 1.807) is 17.0 Å². The molecule has 1 aliphatic rings. The van der Waals surface area contributed by atoms with Crippen LogP contribution in [0.3, 0.4) is 0 Å². The van der Waals surface area contributed by atoms with Gasteiger partial charge in [-0.25, -0.2) is 4.79 Å². The van der Waals surface area contributed by atoms with Crippen molar-refractivity contribution in [3.63, 3.8) is 0 Å². The van der Waals surface area contributed by atoms with Crippen molar-refractivity contribution in [2.75, 3.05) is 19.6 Å². The molecule has 1 atom stereocenters. The second-order valence-electron chi connectivity index (χ2n) is 7.97. The van der Waals surface area contributed by atoms with Crippen LogP contribution in [0.4, 0.5) is 4.79 Å². The van der Waals surface area contributed by atoms with Crippen LogP contribution >= 0.6 is 11.6 Å². The van der Waals surface area contributed by atoms with Gasteiger partial charge in [0.05, 0.1) is 5.92 Å². The minimum Gasteiger partial charge on any atom is -0.444 e. The average Bonchev–Trinajstić information content (AvgIpc) is 3.31. The molecule has 1 N–H and O–H groups in total. The third-order valence-corrected chi connectivity index (χ3v) is 4.67. The highest BCUT2D eigenvalue weighted by atomic mass is 35.5. The number of hydrogen-bond acceptors (Lipinski definition) is 6. The molecule has 29 heavy (non-hydrogen) atoms. The number of carbonyl (C=O) groups excluding carboxylic acids is 2. The molecule has 9 heteroatoms. The Labute approximate surface area is 174 Å². The predicted molar refractivity (Wildman–Crippen MR) is 107 cm³/mol. The van der Waals surface area contributed by atoms with Crippen molar-refractivity contribution in [3.8, 4) is 11.4 Å². The fraction of sp³-hybridized carbons (Fsp3) is 0.500. The van der Waals surface area contributed by atoms with E-state index in [0.717, 1.165) is 5.56 Å². The van der Waals surface area contributed by atoms with Crippen LogP contribution in [0, 0.1) is 5.92 Å². The van der Waals surface area contributed by atoms with Crippen molar-refractivity contribution in [1.29, 1.82) is 0 Å². The Morgan fingerprint density at radius 1 is 1.31 bits per heavy atom. The minimum absolute atomic E-state index is 0.0894. The van der Waals surface area contributed by atoms with Crippen molar-refractivity contribution in [3.05, 3.63) is 35.2 Å². The lowest BCUT2D eigenvalue weighted by Crippen LogP contribution is -2.38. The zero-order valence-electron chi connectivity index (χ0n) is 16.8. The first-order chi connectivity index (χ1) is 13.7. The quantitative estimate of drug-likeness (QED) is 0.796. The van der Waals surface area contributed by atoms with Crippen molar-refractivity contribution < 1.29 is 18.8 Å². The van der Waals surface area contributed by atoms with E-state index in [9.17, 15) is 9.59 Å². The van der Waals surface area contributed by atoms with Crippen molar-refractivity contribution in [1.82, 2.24) is 20.4 Å². The molecule has 8 nitrogen and oxygen atoms in total. The molecule has 0 spiro atoms. The maximum atomic E-state index is 12.4. The first kappa shape index (κ1) is 21.1. The van der Waals surface area contributed by atoms with Gasteiger partial charge in [-0.15, -0.1) is 0 Å². The normalized spacial score (nSPS) is 16.7. The number of hydrogen-bond donors (Lipinski definition) is 1. The number of carbonyl (C=O) groups is 2. The van der Waals surface area contributed by atoms with Crippen molar-refractivity contribution >= 4 is 23.6 Å². The van der Waals surface area contributed by atoms with Gasteiger partial charge in [0.25, 0.3) is 0 Å². The van der Waals surface area contributed by atoms with Crippen LogP contribution in [0.5, 0.6) is 0 Å². The second kappa shape index (κ2) is 8.82. The lowest BCUT2D eigenvalue weighted by molar-refractivity contribution is -0.124. The molecule has 2 amide bonds. The highest BCUT2D eigenvalue weighted by Crippen LogP contribution is 2.20. The molecule has 2 heterocycles. The maximum absolute atomic E-state index is 12.4. The van der Waals surface area contributed by atoms with Gasteiger partial charge in [0.2, 0.25) is 17.6 Å². The van der Waals surface area contributed by atoms with Gasteiger partial charge in [0.1, 0.15) is 5.60 Å². The highest BCUT2D eigenvalue weighted by molar-refractivity contribution is 6.30. The third kappa shape index (κ3) is 5.93. The van der Waals surface area contributed by atoms with Crippen LogP contribution in [0.15, 0.2) is 28.8 Å². The second-order valence-corrected chi connectivity index (χ2v) is 8.41. The Morgan fingerprint density at radius 3 is 2.72 bits per heavy atom. The summed E-state index contributed by atoms with van der Waals surface area (Å²) in [5.41, 5.74) is 0.258. The molecule has 0 saturated carbocycles. The summed E-state index contributed by atoms with van der Waals surface area (Å²) in [6.45, 7) is 6.72. The van der Waals surface area contributed by atoms with Crippen LogP contribution in [0.1, 0.15) is 33.1 Å². The summed E-state index contributed by atoms with van der Waals surface area (Å²) in [6.07, 6.45) is 0.662. The standard InChI is InChI=1S/C20H25ClN4O4/c1-20(2,3)28-19(27)25-11-9-14(12-25)18(26)22-10-8-16-23-17(24-29-16)13-4-6-15(21)7-5-13/h4-7,14H,8-12H2,1-3H3,(H,22,26). The van der Waals surface area contributed by atoms with E-state index in [0.29, 0.717) is 49.2 Å². The Balaban J connectivity index is 1.44. The SMILES string of the molecule is CC(C)(C)OC(=O)N1CCC(C(=O)NCCc2nc(-c3ccc(Cl)cc3)no2)C1. The lowest BCUT2D eigenvalue weighted by atomic mass is 10.1. The molecule has 1 fully saturated rings. The van der Waals surface area contributed by atoms with Gasteiger partial charge in [-0.1, -0.05) is 16.8 Å². The van der Waals surface area contributed by atoms with E-state index in [-0.39, 0.29) is 17.9 Å². The topological polar surface area (TPSA) is 97.6 Å². The average molecular weight is 421 g/mol. The number of nitrogens with one attached hydrogen (secondary N) is 1. The lowest BCUT2D eigenvalue weighted by Gasteiger charge is -2.24. The maximum Gasteiger partial charge on any atom is 0.410 e. The van der Waals surface area contributed by atoms with E-state index in [1.807, 2.05) is 32.9 Å². The van der Waals surface area contributed by atoms with Gasteiger partial charge in [-0.3, -0.25) is 4.79 Å². The summed E-state index contributed by atoms with van der Waals surface area (Å²) in [7, 11) is 0. The molecule has 1 aromatic carbocycles. The zero-order valence-corrected chi connectivity index (χ0v) is 17.5. The molecule has 3 rings (SSSR count). The smallest absolute Gasteiger partial charge is 0.410 e. The fourth-order valence-corrected chi connectivity index (χ4v) is 3.10. The Hall–Kier alpha value is -2.61. The number of halogens is 1. The summed E-state index contributed by atoms with van der Waals surface area (Å²) in [6, 6.07) is 7.15. The van der Waals surface area contributed by atoms with Crippen LogP contribution in [-0.2, 0) is 16.0 Å². The van der Waals surface area contributed by atoms with Gasteiger partial charge < -0.3 is 19.5 Å². The predicted octanol–water partition coefficient (Wildman–Crippen LogP) is 3.31. The van der Waals surface area contributed by atoms with Gasteiger partial charge in [-0.2, -0.15) is 4.98 Å². The third-order valence-electron chi connectivity index (χ3n) is 4.42. The van der Waals surface area contributed by atoms with Gasteiger partial charge in [0.15, 0.2) is 0 Å².